The van der Waals surface area contributed by atoms with Crippen LogP contribution in [0.3, 0.4) is 0 Å². The predicted molar refractivity (Wildman–Crippen MR) is 203 cm³/mol. The second-order valence-corrected chi connectivity index (χ2v) is 13.0. The van der Waals surface area contributed by atoms with E-state index < -0.39 is 0 Å². The second-order valence-electron chi connectivity index (χ2n) is 13.0. The zero-order chi connectivity index (χ0) is 32.9. The molecule has 0 N–H and O–H groups in total. The topological polar surface area (TPSA) is 12.5 Å². The molecule has 0 amide bonds. The van der Waals surface area contributed by atoms with E-state index in [1.807, 2.05) is 36.4 Å². The van der Waals surface area contributed by atoms with Gasteiger partial charge in [0, 0.05) is 34.1 Å². The number of nitrogens with zero attached hydrogens (tertiary/aromatic N) is 1. The smallest absolute Gasteiger partial charge is 0.137 e. The van der Waals surface area contributed by atoms with Crippen LogP contribution < -0.4 is 9.64 Å². The van der Waals surface area contributed by atoms with Crippen molar-refractivity contribution in [3.05, 3.63) is 188 Å². The molecule has 234 valence electrons. The summed E-state index contributed by atoms with van der Waals surface area (Å²) in [6, 6.07) is 64.0. The molecule has 0 aliphatic carbocycles. The van der Waals surface area contributed by atoms with Crippen molar-refractivity contribution in [3.8, 4) is 44.9 Å². The Bertz CT molecular complexity index is 2040. The summed E-state index contributed by atoms with van der Waals surface area (Å²) < 4.78 is 6.69. The molecule has 0 bridgehead atoms. The van der Waals surface area contributed by atoms with Gasteiger partial charge in [0.15, 0.2) is 0 Å². The van der Waals surface area contributed by atoms with Gasteiger partial charge in [0.25, 0.3) is 0 Å². The molecule has 2 nitrogen and oxygen atoms in total. The van der Waals surface area contributed by atoms with Crippen molar-refractivity contribution in [1.29, 1.82) is 0 Å². The molecule has 0 heterocycles. The minimum atomic E-state index is -0.0583. The summed E-state index contributed by atoms with van der Waals surface area (Å²) in [4.78, 5) is 2.39. The Balaban J connectivity index is 1.55. The van der Waals surface area contributed by atoms with Crippen LogP contribution in [-0.2, 0) is 5.41 Å². The molecule has 7 aromatic rings. The Morgan fingerprint density at radius 2 is 0.854 bits per heavy atom. The van der Waals surface area contributed by atoms with Crippen LogP contribution in [0, 0.1) is 0 Å². The Morgan fingerprint density at radius 3 is 1.33 bits per heavy atom. The molecule has 0 aliphatic heterocycles. The fourth-order valence-corrected chi connectivity index (χ4v) is 6.17. The maximum absolute atomic E-state index is 6.69. The fraction of sp³-hybridized carbons (Fsp3) is 0.0870. The van der Waals surface area contributed by atoms with Gasteiger partial charge in [-0.15, -0.1) is 0 Å². The Morgan fingerprint density at radius 1 is 0.417 bits per heavy atom. The lowest BCUT2D eigenvalue weighted by atomic mass is 9.82. The van der Waals surface area contributed by atoms with E-state index in [0.29, 0.717) is 0 Å². The molecular weight excluding hydrogens is 583 g/mol. The summed E-state index contributed by atoms with van der Waals surface area (Å²) in [5.41, 5.74) is 11.2. The van der Waals surface area contributed by atoms with Gasteiger partial charge < -0.3 is 9.64 Å². The number of ether oxygens (including phenoxy) is 1. The van der Waals surface area contributed by atoms with Crippen LogP contribution in [0.15, 0.2) is 182 Å². The molecule has 7 rings (SSSR count). The Hall–Kier alpha value is -5.86. The minimum Gasteiger partial charge on any atom is -0.457 e. The molecule has 0 saturated heterocycles. The monoisotopic (exact) mass is 621 g/mol. The largest absolute Gasteiger partial charge is 0.457 e. The number of hydrogen-bond acceptors (Lipinski definition) is 2. The van der Waals surface area contributed by atoms with Gasteiger partial charge in [0.05, 0.1) is 5.69 Å². The zero-order valence-electron chi connectivity index (χ0n) is 27.7. The lowest BCUT2D eigenvalue weighted by molar-refractivity contribution is 0.484. The van der Waals surface area contributed by atoms with Crippen molar-refractivity contribution >= 4 is 17.1 Å². The average molecular weight is 622 g/mol. The highest BCUT2D eigenvalue weighted by molar-refractivity contribution is 5.98. The summed E-state index contributed by atoms with van der Waals surface area (Å²) in [7, 11) is 0. The number of para-hydroxylation sites is 2. The summed E-state index contributed by atoms with van der Waals surface area (Å²) >= 11 is 0. The first-order valence-electron chi connectivity index (χ1n) is 16.5. The molecule has 0 fully saturated rings. The third kappa shape index (κ3) is 6.52. The first-order valence-corrected chi connectivity index (χ1v) is 16.5. The molecule has 0 aliphatic rings. The third-order valence-electron chi connectivity index (χ3n) is 8.66. The van der Waals surface area contributed by atoms with E-state index in [1.165, 1.54) is 27.8 Å². The summed E-state index contributed by atoms with van der Waals surface area (Å²) in [5, 5.41) is 0. The first kappa shape index (κ1) is 30.8. The summed E-state index contributed by atoms with van der Waals surface area (Å²) in [6.45, 7) is 6.86. The van der Waals surface area contributed by atoms with Crippen molar-refractivity contribution in [2.24, 2.45) is 0 Å². The van der Waals surface area contributed by atoms with Gasteiger partial charge in [-0.3, -0.25) is 0 Å². The van der Waals surface area contributed by atoms with E-state index in [-0.39, 0.29) is 5.41 Å². The van der Waals surface area contributed by atoms with Gasteiger partial charge in [-0.2, -0.15) is 0 Å². The lowest BCUT2D eigenvalue weighted by Crippen LogP contribution is -2.16. The van der Waals surface area contributed by atoms with Gasteiger partial charge in [-0.25, -0.2) is 0 Å². The van der Waals surface area contributed by atoms with Gasteiger partial charge in [0.2, 0.25) is 0 Å². The fourth-order valence-electron chi connectivity index (χ4n) is 6.17. The molecule has 0 radical (unpaired) electrons. The first-order chi connectivity index (χ1) is 23.5. The van der Waals surface area contributed by atoms with Gasteiger partial charge in [0.1, 0.15) is 11.5 Å². The highest BCUT2D eigenvalue weighted by Crippen LogP contribution is 2.50. The van der Waals surface area contributed by atoms with E-state index >= 15 is 0 Å². The third-order valence-corrected chi connectivity index (χ3v) is 8.66. The second kappa shape index (κ2) is 13.5. The molecule has 0 unspecified atom stereocenters. The van der Waals surface area contributed by atoms with E-state index in [2.05, 4.69) is 171 Å². The lowest BCUT2D eigenvalue weighted by Gasteiger charge is -2.33. The van der Waals surface area contributed by atoms with Crippen LogP contribution >= 0.6 is 0 Å². The molecule has 0 saturated carbocycles. The van der Waals surface area contributed by atoms with Crippen molar-refractivity contribution in [2.75, 3.05) is 4.90 Å². The maximum Gasteiger partial charge on any atom is 0.137 e. The number of rotatable bonds is 8. The SMILES string of the molecule is CC(C)(C)c1cc(-c2ccccc2)c(N(c2ccccc2)c2ccc(-c3ccccc3)c(Oc3ccccc3)c2)c(-c2ccccc2)c1. The van der Waals surface area contributed by atoms with E-state index in [0.717, 1.165) is 39.7 Å². The van der Waals surface area contributed by atoms with Crippen molar-refractivity contribution < 1.29 is 4.74 Å². The van der Waals surface area contributed by atoms with Crippen molar-refractivity contribution in [2.45, 2.75) is 26.2 Å². The maximum atomic E-state index is 6.69. The van der Waals surface area contributed by atoms with Crippen LogP contribution in [0.2, 0.25) is 0 Å². The minimum absolute atomic E-state index is 0.0583. The van der Waals surface area contributed by atoms with Crippen LogP contribution in [0.1, 0.15) is 26.3 Å². The number of hydrogen-bond donors (Lipinski definition) is 0. The van der Waals surface area contributed by atoms with Crippen LogP contribution in [0.25, 0.3) is 33.4 Å². The molecule has 0 atom stereocenters. The van der Waals surface area contributed by atoms with E-state index in [9.17, 15) is 0 Å². The molecule has 2 heteroatoms. The molecule has 48 heavy (non-hydrogen) atoms. The molecule has 0 aromatic heterocycles. The van der Waals surface area contributed by atoms with Crippen molar-refractivity contribution in [3.63, 3.8) is 0 Å². The zero-order valence-corrected chi connectivity index (χ0v) is 27.7. The average Bonchev–Trinajstić information content (AvgIpc) is 3.13. The summed E-state index contributed by atoms with van der Waals surface area (Å²) in [6.07, 6.45) is 0. The van der Waals surface area contributed by atoms with Gasteiger partial charge >= 0.3 is 0 Å². The number of benzene rings is 7. The number of anilines is 3. The standard InChI is InChI=1S/C46H39NO/c1-46(2,3)37-31-42(35-21-11-5-12-22-35)45(43(32-37)36-23-13-6-14-24-36)47(38-25-15-7-16-26-38)39-29-30-41(34-19-9-4-10-20-34)44(33-39)48-40-27-17-8-18-28-40/h4-33H,1-3H3. The Labute approximate surface area is 284 Å². The van der Waals surface area contributed by atoms with Crippen molar-refractivity contribution in [1.82, 2.24) is 0 Å². The summed E-state index contributed by atoms with van der Waals surface area (Å²) in [5.74, 6) is 1.59. The van der Waals surface area contributed by atoms with Gasteiger partial charge in [-0.1, -0.05) is 148 Å². The normalized spacial score (nSPS) is 11.2. The molecule has 7 aromatic carbocycles. The molecular formula is C46H39NO. The predicted octanol–water partition coefficient (Wildman–Crippen LogP) is 13.2. The van der Waals surface area contributed by atoms with Crippen LogP contribution in [0.5, 0.6) is 11.5 Å². The van der Waals surface area contributed by atoms with E-state index in [4.69, 9.17) is 4.74 Å². The van der Waals surface area contributed by atoms with E-state index in [1.54, 1.807) is 0 Å². The van der Waals surface area contributed by atoms with Crippen LogP contribution in [0.4, 0.5) is 17.1 Å². The molecule has 0 spiro atoms. The highest BCUT2D eigenvalue weighted by atomic mass is 16.5. The quantitative estimate of drug-likeness (QED) is 0.167. The van der Waals surface area contributed by atoms with Gasteiger partial charge in [-0.05, 0) is 76.2 Å². The Kier molecular flexibility index (Phi) is 8.64. The highest BCUT2D eigenvalue weighted by Gasteiger charge is 2.26. The van der Waals surface area contributed by atoms with Crippen LogP contribution in [-0.4, -0.2) is 0 Å².